The minimum atomic E-state index is -0.372. The van der Waals surface area contributed by atoms with Gasteiger partial charge in [-0.2, -0.15) is 5.10 Å². The molecule has 1 amide bonds. The van der Waals surface area contributed by atoms with Crippen LogP contribution in [0.1, 0.15) is 34.8 Å². The summed E-state index contributed by atoms with van der Waals surface area (Å²) in [5.74, 6) is 0.668. The van der Waals surface area contributed by atoms with Crippen LogP contribution in [0.25, 0.3) is 10.9 Å². The summed E-state index contributed by atoms with van der Waals surface area (Å²) in [6, 6.07) is 26.0. The summed E-state index contributed by atoms with van der Waals surface area (Å²) in [5, 5.41) is 5.28. The molecule has 5 rings (SSSR count). The molecule has 2 atom stereocenters. The number of para-hydroxylation sites is 1. The SMILES string of the molecule is Cc1[nH]c2ccccc2c1/C=N/NC(=O)C1CC(c2ccc(OCCc3ccccc3)cc2)NN1. The van der Waals surface area contributed by atoms with Crippen molar-refractivity contribution in [2.75, 3.05) is 6.61 Å². The molecule has 35 heavy (non-hydrogen) atoms. The van der Waals surface area contributed by atoms with Crippen LogP contribution in [0.3, 0.4) is 0 Å². The van der Waals surface area contributed by atoms with E-state index in [1.165, 1.54) is 5.56 Å². The standard InChI is InChI=1S/C28H29N5O2/c1-19-24(23-9-5-6-10-25(23)30-19)18-29-33-28(34)27-17-26(31-32-27)21-11-13-22(14-12-21)35-16-15-20-7-3-2-4-8-20/h2-14,18,26-27,30-32H,15-17H2,1H3,(H,33,34)/b29-18+. The Morgan fingerprint density at radius 1 is 1.03 bits per heavy atom. The molecule has 2 heterocycles. The molecule has 7 nitrogen and oxygen atoms in total. The van der Waals surface area contributed by atoms with Gasteiger partial charge in [0.25, 0.3) is 5.91 Å². The number of fused-ring (bicyclic) bond motifs is 1. The van der Waals surface area contributed by atoms with Gasteiger partial charge in [-0.05, 0) is 42.7 Å². The molecule has 7 heteroatoms. The molecule has 4 N–H and O–H groups in total. The number of nitrogens with one attached hydrogen (secondary N) is 4. The minimum Gasteiger partial charge on any atom is -0.493 e. The number of benzene rings is 3. The molecule has 1 aliphatic rings. The second-order valence-electron chi connectivity index (χ2n) is 8.73. The number of hydrazine groups is 1. The lowest BCUT2D eigenvalue weighted by Crippen LogP contribution is -2.41. The molecule has 0 saturated carbocycles. The lowest BCUT2D eigenvalue weighted by molar-refractivity contribution is -0.122. The van der Waals surface area contributed by atoms with Crippen molar-refractivity contribution >= 4 is 23.0 Å². The maximum absolute atomic E-state index is 12.6. The zero-order chi connectivity index (χ0) is 24.0. The highest BCUT2D eigenvalue weighted by Crippen LogP contribution is 2.25. The summed E-state index contributed by atoms with van der Waals surface area (Å²) in [5.41, 5.74) is 14.4. The first-order valence-corrected chi connectivity index (χ1v) is 11.9. The third kappa shape index (κ3) is 5.42. The fourth-order valence-electron chi connectivity index (χ4n) is 4.38. The molecular weight excluding hydrogens is 438 g/mol. The Labute approximate surface area is 204 Å². The van der Waals surface area contributed by atoms with Crippen LogP contribution in [-0.4, -0.2) is 29.8 Å². The van der Waals surface area contributed by atoms with Crippen LogP contribution in [0.15, 0.2) is 84.0 Å². The van der Waals surface area contributed by atoms with Gasteiger partial charge in [-0.1, -0.05) is 60.7 Å². The summed E-state index contributed by atoms with van der Waals surface area (Å²) in [4.78, 5) is 16.0. The average Bonchev–Trinajstić information content (AvgIpc) is 3.50. The maximum atomic E-state index is 12.6. The molecular formula is C28H29N5O2. The number of aromatic amines is 1. The van der Waals surface area contributed by atoms with E-state index in [1.54, 1.807) is 6.21 Å². The quantitative estimate of drug-likeness (QED) is 0.231. The van der Waals surface area contributed by atoms with E-state index in [9.17, 15) is 4.79 Å². The fraction of sp³-hybridized carbons (Fsp3) is 0.214. The summed E-state index contributed by atoms with van der Waals surface area (Å²) in [7, 11) is 0. The van der Waals surface area contributed by atoms with Crippen LogP contribution in [0.2, 0.25) is 0 Å². The van der Waals surface area contributed by atoms with Gasteiger partial charge in [0.1, 0.15) is 11.8 Å². The highest BCUT2D eigenvalue weighted by Gasteiger charge is 2.30. The van der Waals surface area contributed by atoms with Crippen LogP contribution >= 0.6 is 0 Å². The first-order valence-electron chi connectivity index (χ1n) is 11.9. The van der Waals surface area contributed by atoms with E-state index in [0.29, 0.717) is 13.0 Å². The van der Waals surface area contributed by atoms with Crippen LogP contribution in [-0.2, 0) is 11.2 Å². The predicted octanol–water partition coefficient (Wildman–Crippen LogP) is 4.16. The first kappa shape index (κ1) is 22.8. The molecule has 3 aromatic carbocycles. The lowest BCUT2D eigenvalue weighted by atomic mass is 10.0. The summed E-state index contributed by atoms with van der Waals surface area (Å²) in [6.07, 6.45) is 3.19. The molecule has 2 unspecified atom stereocenters. The predicted molar refractivity (Wildman–Crippen MR) is 138 cm³/mol. The van der Waals surface area contributed by atoms with Crippen molar-refractivity contribution in [1.82, 2.24) is 21.3 Å². The van der Waals surface area contributed by atoms with Gasteiger partial charge in [0.15, 0.2) is 0 Å². The van der Waals surface area contributed by atoms with Crippen molar-refractivity contribution in [2.24, 2.45) is 5.10 Å². The van der Waals surface area contributed by atoms with Crippen molar-refractivity contribution in [3.8, 4) is 5.75 Å². The van der Waals surface area contributed by atoms with Crippen molar-refractivity contribution in [3.05, 3.63) is 101 Å². The molecule has 1 aromatic heterocycles. The minimum absolute atomic E-state index is 0.0314. The van der Waals surface area contributed by atoms with Crippen molar-refractivity contribution in [2.45, 2.75) is 31.8 Å². The number of carbonyl (C=O) groups is 1. The van der Waals surface area contributed by atoms with E-state index in [1.807, 2.05) is 73.7 Å². The molecule has 178 valence electrons. The number of hydrogen-bond acceptors (Lipinski definition) is 5. The van der Waals surface area contributed by atoms with Crippen LogP contribution in [0, 0.1) is 6.92 Å². The van der Waals surface area contributed by atoms with Crippen LogP contribution in [0.4, 0.5) is 0 Å². The molecule has 0 radical (unpaired) electrons. The van der Waals surface area contributed by atoms with E-state index in [-0.39, 0.29) is 18.0 Å². The monoisotopic (exact) mass is 467 g/mol. The van der Waals surface area contributed by atoms with E-state index in [2.05, 4.69) is 38.5 Å². The zero-order valence-corrected chi connectivity index (χ0v) is 19.6. The van der Waals surface area contributed by atoms with E-state index >= 15 is 0 Å². The number of ether oxygens (including phenoxy) is 1. The molecule has 1 aliphatic heterocycles. The number of aryl methyl sites for hydroxylation is 1. The molecule has 1 saturated heterocycles. The largest absolute Gasteiger partial charge is 0.493 e. The third-order valence-corrected chi connectivity index (χ3v) is 6.32. The molecule has 0 spiro atoms. The third-order valence-electron chi connectivity index (χ3n) is 6.32. The van der Waals surface area contributed by atoms with Gasteiger partial charge in [-0.15, -0.1) is 0 Å². The molecule has 0 aliphatic carbocycles. The van der Waals surface area contributed by atoms with Gasteiger partial charge in [-0.3, -0.25) is 4.79 Å². The number of rotatable bonds is 8. The summed E-state index contributed by atoms with van der Waals surface area (Å²) >= 11 is 0. The van der Waals surface area contributed by atoms with E-state index < -0.39 is 0 Å². The molecule has 0 bridgehead atoms. The normalized spacial score (nSPS) is 17.7. The number of amides is 1. The van der Waals surface area contributed by atoms with Crippen molar-refractivity contribution in [3.63, 3.8) is 0 Å². The smallest absolute Gasteiger partial charge is 0.258 e. The van der Waals surface area contributed by atoms with Crippen molar-refractivity contribution in [1.29, 1.82) is 0 Å². The van der Waals surface area contributed by atoms with E-state index in [0.717, 1.165) is 39.9 Å². The van der Waals surface area contributed by atoms with Crippen LogP contribution in [0.5, 0.6) is 5.75 Å². The van der Waals surface area contributed by atoms with Gasteiger partial charge >= 0.3 is 0 Å². The van der Waals surface area contributed by atoms with Gasteiger partial charge < -0.3 is 9.72 Å². The second-order valence-corrected chi connectivity index (χ2v) is 8.73. The Hall–Kier alpha value is -3.94. The average molecular weight is 468 g/mol. The Kier molecular flexibility index (Phi) is 6.88. The number of hydrazone groups is 1. The highest BCUT2D eigenvalue weighted by atomic mass is 16.5. The number of aromatic nitrogens is 1. The lowest BCUT2D eigenvalue weighted by Gasteiger charge is -2.11. The topological polar surface area (TPSA) is 90.5 Å². The van der Waals surface area contributed by atoms with Crippen molar-refractivity contribution < 1.29 is 9.53 Å². The fourth-order valence-corrected chi connectivity index (χ4v) is 4.38. The first-order chi connectivity index (χ1) is 17.2. The summed E-state index contributed by atoms with van der Waals surface area (Å²) in [6.45, 7) is 2.63. The number of H-pyrrole nitrogens is 1. The van der Waals surface area contributed by atoms with E-state index in [4.69, 9.17) is 4.74 Å². The van der Waals surface area contributed by atoms with Gasteiger partial charge in [0.2, 0.25) is 0 Å². The van der Waals surface area contributed by atoms with Gasteiger partial charge in [0, 0.05) is 34.6 Å². The zero-order valence-electron chi connectivity index (χ0n) is 19.6. The Balaban J connectivity index is 1.11. The van der Waals surface area contributed by atoms with Gasteiger partial charge in [-0.25, -0.2) is 16.3 Å². The number of nitrogens with zero attached hydrogens (tertiary/aromatic N) is 1. The Morgan fingerprint density at radius 2 is 1.80 bits per heavy atom. The Bertz CT molecular complexity index is 1310. The number of hydrogen-bond donors (Lipinski definition) is 4. The molecule has 1 fully saturated rings. The summed E-state index contributed by atoms with van der Waals surface area (Å²) < 4.78 is 5.88. The highest BCUT2D eigenvalue weighted by molar-refractivity contribution is 6.00. The second kappa shape index (κ2) is 10.5. The van der Waals surface area contributed by atoms with Crippen LogP contribution < -0.4 is 21.0 Å². The molecule has 4 aromatic rings. The maximum Gasteiger partial charge on any atom is 0.258 e. The number of carbonyl (C=O) groups excluding carboxylic acids is 1. The van der Waals surface area contributed by atoms with Gasteiger partial charge in [0.05, 0.1) is 12.8 Å². The Morgan fingerprint density at radius 3 is 2.63 bits per heavy atom.